The highest BCUT2D eigenvalue weighted by Gasteiger charge is 2.16. The summed E-state index contributed by atoms with van der Waals surface area (Å²) in [5.74, 6) is -3.57. The van der Waals surface area contributed by atoms with Crippen LogP contribution in [0, 0.1) is 11.6 Å². The van der Waals surface area contributed by atoms with Gasteiger partial charge in [-0.15, -0.1) is 0 Å². The molecule has 6 heteroatoms. The topological polar surface area (TPSA) is 63.3 Å². The lowest BCUT2D eigenvalue weighted by molar-refractivity contribution is 0.0686. The lowest BCUT2D eigenvalue weighted by atomic mass is 10.1. The molecule has 0 atom stereocenters. The van der Waals surface area contributed by atoms with Crippen LogP contribution < -0.4 is 0 Å². The van der Waals surface area contributed by atoms with Crippen molar-refractivity contribution in [3.8, 4) is 11.3 Å². The summed E-state index contributed by atoms with van der Waals surface area (Å²) in [7, 11) is 0. The lowest BCUT2D eigenvalue weighted by Crippen LogP contribution is -1.94. The van der Waals surface area contributed by atoms with E-state index in [0.717, 1.165) is 12.1 Å². The smallest absolute Gasteiger partial charge is 0.358 e. The number of nitrogens with zero attached hydrogens (tertiary/aromatic N) is 1. The van der Waals surface area contributed by atoms with Crippen LogP contribution in [-0.2, 0) is 0 Å². The molecule has 0 aliphatic rings. The second kappa shape index (κ2) is 3.73. The number of carboxylic acid groups (broad SMARTS) is 1. The molecular formula is C10H5F2NO3. The summed E-state index contributed by atoms with van der Waals surface area (Å²) >= 11 is 0. The lowest BCUT2D eigenvalue weighted by Gasteiger charge is -1.97. The molecule has 1 heterocycles. The van der Waals surface area contributed by atoms with Crippen molar-refractivity contribution in [2.24, 2.45) is 0 Å². The van der Waals surface area contributed by atoms with Gasteiger partial charge in [-0.3, -0.25) is 0 Å². The number of rotatable bonds is 2. The Morgan fingerprint density at radius 1 is 1.38 bits per heavy atom. The Hall–Kier alpha value is -2.24. The first-order chi connectivity index (χ1) is 7.59. The molecule has 0 fully saturated rings. The van der Waals surface area contributed by atoms with Gasteiger partial charge in [0.1, 0.15) is 0 Å². The van der Waals surface area contributed by atoms with Crippen molar-refractivity contribution in [3.05, 3.63) is 41.6 Å². The number of carboxylic acids is 1. The largest absolute Gasteiger partial charge is 0.476 e. The number of hydrogen-bond donors (Lipinski definition) is 1. The molecular weight excluding hydrogens is 220 g/mol. The van der Waals surface area contributed by atoms with E-state index in [4.69, 9.17) is 5.11 Å². The highest BCUT2D eigenvalue weighted by Crippen LogP contribution is 2.24. The predicted octanol–water partition coefficient (Wildman–Crippen LogP) is 2.32. The molecule has 0 saturated carbocycles. The van der Waals surface area contributed by atoms with Crippen LogP contribution in [0.5, 0.6) is 0 Å². The van der Waals surface area contributed by atoms with Gasteiger partial charge in [0.25, 0.3) is 0 Å². The van der Waals surface area contributed by atoms with Crippen molar-refractivity contribution in [1.29, 1.82) is 0 Å². The Morgan fingerprint density at radius 3 is 2.75 bits per heavy atom. The monoisotopic (exact) mass is 225 g/mol. The van der Waals surface area contributed by atoms with Crippen molar-refractivity contribution in [3.63, 3.8) is 0 Å². The molecule has 0 bridgehead atoms. The molecule has 82 valence electrons. The normalized spacial score (nSPS) is 10.4. The summed E-state index contributed by atoms with van der Waals surface area (Å²) in [6.07, 6.45) is 0. The molecule has 1 N–H and O–H groups in total. The maximum atomic E-state index is 13.3. The van der Waals surface area contributed by atoms with E-state index in [2.05, 4.69) is 9.68 Å². The molecule has 0 radical (unpaired) electrons. The molecule has 2 rings (SSSR count). The van der Waals surface area contributed by atoms with E-state index in [0.29, 0.717) is 0 Å². The maximum absolute atomic E-state index is 13.3. The molecule has 0 unspecified atom stereocenters. The zero-order chi connectivity index (χ0) is 11.7. The standard InChI is InChI=1S/C10H5F2NO3/c11-6-3-1-2-5(9(6)12)8-4-7(10(14)15)13-16-8/h1-4H,(H,14,15). The Bertz CT molecular complexity index is 551. The SMILES string of the molecule is O=C(O)c1cc(-c2cccc(F)c2F)on1. The summed E-state index contributed by atoms with van der Waals surface area (Å²) in [4.78, 5) is 10.5. The van der Waals surface area contributed by atoms with E-state index in [-0.39, 0.29) is 17.0 Å². The number of aromatic carboxylic acids is 1. The summed E-state index contributed by atoms with van der Waals surface area (Å²) < 4.78 is 30.8. The number of carbonyl (C=O) groups is 1. The predicted molar refractivity (Wildman–Crippen MR) is 48.8 cm³/mol. The number of halogens is 2. The van der Waals surface area contributed by atoms with E-state index in [9.17, 15) is 13.6 Å². The zero-order valence-corrected chi connectivity index (χ0v) is 7.78. The van der Waals surface area contributed by atoms with Crippen molar-refractivity contribution < 1.29 is 23.2 Å². The van der Waals surface area contributed by atoms with Crippen molar-refractivity contribution in [2.45, 2.75) is 0 Å². The maximum Gasteiger partial charge on any atom is 0.358 e. The summed E-state index contributed by atoms with van der Waals surface area (Å²) in [5, 5.41) is 11.8. The van der Waals surface area contributed by atoms with E-state index in [1.54, 1.807) is 0 Å². The van der Waals surface area contributed by atoms with Gasteiger partial charge in [0.15, 0.2) is 23.1 Å². The minimum Gasteiger partial charge on any atom is -0.476 e. The van der Waals surface area contributed by atoms with Gasteiger partial charge in [0.05, 0.1) is 5.56 Å². The Morgan fingerprint density at radius 2 is 2.12 bits per heavy atom. The average molecular weight is 225 g/mol. The summed E-state index contributed by atoms with van der Waals surface area (Å²) in [5.41, 5.74) is -0.529. The molecule has 0 aliphatic heterocycles. The highest BCUT2D eigenvalue weighted by molar-refractivity contribution is 5.86. The van der Waals surface area contributed by atoms with Crippen molar-refractivity contribution in [2.75, 3.05) is 0 Å². The second-order valence-corrected chi connectivity index (χ2v) is 2.98. The first-order valence-corrected chi connectivity index (χ1v) is 4.24. The van der Waals surface area contributed by atoms with Crippen LogP contribution in [0.15, 0.2) is 28.8 Å². The van der Waals surface area contributed by atoms with Gasteiger partial charge >= 0.3 is 5.97 Å². The average Bonchev–Trinajstić information content (AvgIpc) is 2.71. The molecule has 0 aliphatic carbocycles. The highest BCUT2D eigenvalue weighted by atomic mass is 19.2. The van der Waals surface area contributed by atoms with E-state index in [1.807, 2.05) is 0 Å². The van der Waals surface area contributed by atoms with Crippen LogP contribution >= 0.6 is 0 Å². The molecule has 4 nitrogen and oxygen atoms in total. The molecule has 1 aromatic heterocycles. The molecule has 0 amide bonds. The third kappa shape index (κ3) is 1.65. The van der Waals surface area contributed by atoms with Gasteiger partial charge in [-0.2, -0.15) is 0 Å². The van der Waals surface area contributed by atoms with Gasteiger partial charge in [-0.25, -0.2) is 13.6 Å². The summed E-state index contributed by atoms with van der Waals surface area (Å²) in [6, 6.07) is 4.54. The minimum atomic E-state index is -1.30. The fourth-order valence-electron chi connectivity index (χ4n) is 1.20. The Kier molecular flexibility index (Phi) is 2.40. The van der Waals surface area contributed by atoms with Crippen LogP contribution in [0.25, 0.3) is 11.3 Å². The summed E-state index contributed by atoms with van der Waals surface area (Å²) in [6.45, 7) is 0. The zero-order valence-electron chi connectivity index (χ0n) is 7.78. The van der Waals surface area contributed by atoms with E-state index in [1.165, 1.54) is 12.1 Å². The molecule has 16 heavy (non-hydrogen) atoms. The number of hydrogen-bond acceptors (Lipinski definition) is 3. The fourth-order valence-corrected chi connectivity index (χ4v) is 1.20. The number of benzene rings is 1. The Balaban J connectivity index is 2.50. The van der Waals surface area contributed by atoms with Gasteiger partial charge in [-0.05, 0) is 12.1 Å². The van der Waals surface area contributed by atoms with Crippen molar-refractivity contribution in [1.82, 2.24) is 5.16 Å². The van der Waals surface area contributed by atoms with Crippen molar-refractivity contribution >= 4 is 5.97 Å². The van der Waals surface area contributed by atoms with E-state index >= 15 is 0 Å². The van der Waals surface area contributed by atoms with Crippen LogP contribution in [0.4, 0.5) is 8.78 Å². The molecule has 2 aromatic rings. The second-order valence-electron chi connectivity index (χ2n) is 2.98. The number of aromatic nitrogens is 1. The van der Waals surface area contributed by atoms with Gasteiger partial charge in [0.2, 0.25) is 0 Å². The van der Waals surface area contributed by atoms with Gasteiger partial charge in [-0.1, -0.05) is 11.2 Å². The van der Waals surface area contributed by atoms with Crippen LogP contribution in [0.3, 0.4) is 0 Å². The quantitative estimate of drug-likeness (QED) is 0.851. The minimum absolute atomic E-state index is 0.130. The fraction of sp³-hybridized carbons (Fsp3) is 0. The molecule has 0 spiro atoms. The third-order valence-corrected chi connectivity index (χ3v) is 1.95. The van der Waals surface area contributed by atoms with Gasteiger partial charge in [0, 0.05) is 6.07 Å². The van der Waals surface area contributed by atoms with Crippen LogP contribution in [0.2, 0.25) is 0 Å². The van der Waals surface area contributed by atoms with Gasteiger partial charge < -0.3 is 9.63 Å². The first kappa shape index (κ1) is 10.3. The first-order valence-electron chi connectivity index (χ1n) is 4.24. The Labute approximate surface area is 88.1 Å². The molecule has 1 aromatic carbocycles. The molecule has 0 saturated heterocycles. The van der Waals surface area contributed by atoms with E-state index < -0.39 is 17.6 Å². The van der Waals surface area contributed by atoms with Crippen LogP contribution in [0.1, 0.15) is 10.5 Å². The van der Waals surface area contributed by atoms with Crippen LogP contribution in [-0.4, -0.2) is 16.2 Å². The third-order valence-electron chi connectivity index (χ3n) is 1.95.